The van der Waals surface area contributed by atoms with E-state index in [0.717, 1.165) is 12.2 Å². The maximum absolute atomic E-state index is 5.41. The van der Waals surface area contributed by atoms with Gasteiger partial charge < -0.3 is 5.73 Å². The highest BCUT2D eigenvalue weighted by atomic mass is 32.2. The van der Waals surface area contributed by atoms with Gasteiger partial charge in [0.2, 0.25) is 0 Å². The molecule has 0 fully saturated rings. The number of aliphatic imine (C=N–C) groups is 1. The average Bonchev–Trinajstić information content (AvgIpc) is 1.82. The van der Waals surface area contributed by atoms with Crippen LogP contribution in [0.25, 0.3) is 0 Å². The van der Waals surface area contributed by atoms with Crippen molar-refractivity contribution in [2.45, 2.75) is 26.3 Å². The Morgan fingerprint density at radius 3 is 2.70 bits per heavy atom. The molecule has 2 N–H and O–H groups in total. The van der Waals surface area contributed by atoms with E-state index in [-0.39, 0.29) is 0 Å². The highest BCUT2D eigenvalue weighted by Gasteiger charge is 1.96. The monoisotopic (exact) mass is 160 g/mol. The van der Waals surface area contributed by atoms with Gasteiger partial charge in [0, 0.05) is 6.04 Å². The number of thioether (sulfide) groups is 1. The van der Waals surface area contributed by atoms with Crippen LogP contribution in [0, 0.1) is 0 Å². The summed E-state index contributed by atoms with van der Waals surface area (Å²) in [6.45, 7) is 3.92. The molecule has 0 aliphatic rings. The molecular formula is C7H16N2S. The number of amidine groups is 1. The third kappa shape index (κ3) is 5.95. The fourth-order valence-electron chi connectivity index (χ4n) is 0.701. The molecule has 10 heavy (non-hydrogen) atoms. The van der Waals surface area contributed by atoms with E-state index < -0.39 is 0 Å². The molecule has 0 bridgehead atoms. The van der Waals surface area contributed by atoms with E-state index in [4.69, 9.17) is 5.73 Å². The summed E-state index contributed by atoms with van der Waals surface area (Å²) in [4.78, 5) is 4.20. The SMILES string of the molecule is CSCCC(C)N=C(C)N. The van der Waals surface area contributed by atoms with Crippen LogP contribution in [0.3, 0.4) is 0 Å². The second kappa shape index (κ2) is 5.59. The van der Waals surface area contributed by atoms with Crippen molar-refractivity contribution in [1.29, 1.82) is 0 Å². The Morgan fingerprint density at radius 2 is 2.30 bits per heavy atom. The van der Waals surface area contributed by atoms with Gasteiger partial charge in [-0.2, -0.15) is 11.8 Å². The lowest BCUT2D eigenvalue weighted by Crippen LogP contribution is -2.11. The van der Waals surface area contributed by atoms with Gasteiger partial charge in [0.05, 0.1) is 5.84 Å². The normalized spacial score (nSPS) is 15.3. The summed E-state index contributed by atoms with van der Waals surface area (Å²) in [6.07, 6.45) is 3.22. The Balaban J connectivity index is 3.43. The predicted octanol–water partition coefficient (Wildman–Crippen LogP) is 1.51. The van der Waals surface area contributed by atoms with E-state index in [1.54, 1.807) is 0 Å². The Bertz CT molecular complexity index is 108. The lowest BCUT2D eigenvalue weighted by molar-refractivity contribution is 0.722. The zero-order chi connectivity index (χ0) is 7.98. The fourth-order valence-corrected chi connectivity index (χ4v) is 1.28. The molecule has 0 aromatic rings. The van der Waals surface area contributed by atoms with Gasteiger partial charge >= 0.3 is 0 Å². The molecule has 3 heteroatoms. The smallest absolute Gasteiger partial charge is 0.0908 e. The van der Waals surface area contributed by atoms with Gasteiger partial charge in [0.15, 0.2) is 0 Å². The molecule has 0 aromatic heterocycles. The molecule has 0 aliphatic heterocycles. The van der Waals surface area contributed by atoms with Crippen molar-refractivity contribution in [3.63, 3.8) is 0 Å². The van der Waals surface area contributed by atoms with Crippen LogP contribution in [-0.2, 0) is 0 Å². The molecule has 0 saturated heterocycles. The standard InChI is InChI=1S/C7H16N2S/c1-6(4-5-10-3)9-7(2)8/h6H,4-5H2,1-3H3,(H2,8,9). The summed E-state index contributed by atoms with van der Waals surface area (Å²) in [5.41, 5.74) is 5.41. The molecule has 0 spiro atoms. The number of rotatable bonds is 4. The molecular weight excluding hydrogens is 144 g/mol. The molecule has 0 rings (SSSR count). The maximum Gasteiger partial charge on any atom is 0.0908 e. The number of nitrogens with two attached hydrogens (primary N) is 1. The van der Waals surface area contributed by atoms with Crippen molar-refractivity contribution < 1.29 is 0 Å². The van der Waals surface area contributed by atoms with Crippen LogP contribution in [-0.4, -0.2) is 23.9 Å². The quantitative estimate of drug-likeness (QED) is 0.500. The minimum atomic E-state index is 0.387. The van der Waals surface area contributed by atoms with E-state index in [9.17, 15) is 0 Å². The molecule has 0 radical (unpaired) electrons. The van der Waals surface area contributed by atoms with Gasteiger partial charge in [-0.1, -0.05) is 0 Å². The highest BCUT2D eigenvalue weighted by Crippen LogP contribution is 2.02. The van der Waals surface area contributed by atoms with E-state index in [1.807, 2.05) is 18.7 Å². The number of nitrogens with zero attached hydrogens (tertiary/aromatic N) is 1. The van der Waals surface area contributed by atoms with E-state index in [0.29, 0.717) is 11.9 Å². The third-order valence-corrected chi connectivity index (χ3v) is 1.81. The van der Waals surface area contributed by atoms with Crippen LogP contribution in [0.5, 0.6) is 0 Å². The molecule has 1 unspecified atom stereocenters. The minimum absolute atomic E-state index is 0.387. The molecule has 1 atom stereocenters. The first-order valence-corrected chi connectivity index (χ1v) is 4.85. The lowest BCUT2D eigenvalue weighted by atomic mass is 10.3. The Labute approximate surface area is 67.3 Å². The van der Waals surface area contributed by atoms with Gasteiger partial charge in [0.25, 0.3) is 0 Å². The third-order valence-electron chi connectivity index (χ3n) is 1.16. The summed E-state index contributed by atoms with van der Waals surface area (Å²) in [5, 5.41) is 0. The molecule has 0 saturated carbocycles. The average molecular weight is 160 g/mol. The van der Waals surface area contributed by atoms with Crippen LogP contribution >= 0.6 is 11.8 Å². The van der Waals surface area contributed by atoms with Crippen molar-refractivity contribution in [2.75, 3.05) is 12.0 Å². The lowest BCUT2D eigenvalue weighted by Gasteiger charge is -2.03. The van der Waals surface area contributed by atoms with Gasteiger partial charge in [-0.3, -0.25) is 4.99 Å². The first-order chi connectivity index (χ1) is 4.66. The zero-order valence-electron chi connectivity index (χ0n) is 6.92. The van der Waals surface area contributed by atoms with Crippen molar-refractivity contribution >= 4 is 17.6 Å². The Hall–Kier alpha value is -0.180. The summed E-state index contributed by atoms with van der Waals surface area (Å²) in [7, 11) is 0. The highest BCUT2D eigenvalue weighted by molar-refractivity contribution is 7.98. The number of hydrogen-bond donors (Lipinski definition) is 1. The van der Waals surface area contributed by atoms with Crippen molar-refractivity contribution in [1.82, 2.24) is 0 Å². The van der Waals surface area contributed by atoms with E-state index in [1.165, 1.54) is 0 Å². The first-order valence-electron chi connectivity index (χ1n) is 3.45. The largest absolute Gasteiger partial charge is 0.388 e. The van der Waals surface area contributed by atoms with Crippen LogP contribution in [0.4, 0.5) is 0 Å². The molecule has 0 heterocycles. The molecule has 0 amide bonds. The molecule has 0 aromatic carbocycles. The van der Waals surface area contributed by atoms with E-state index in [2.05, 4.69) is 18.2 Å². The maximum atomic E-state index is 5.41. The Morgan fingerprint density at radius 1 is 1.70 bits per heavy atom. The van der Waals surface area contributed by atoms with Crippen LogP contribution in [0.1, 0.15) is 20.3 Å². The van der Waals surface area contributed by atoms with Crippen molar-refractivity contribution in [3.8, 4) is 0 Å². The fraction of sp³-hybridized carbons (Fsp3) is 0.857. The van der Waals surface area contributed by atoms with Crippen molar-refractivity contribution in [3.05, 3.63) is 0 Å². The van der Waals surface area contributed by atoms with Gasteiger partial charge in [-0.05, 0) is 32.3 Å². The summed E-state index contributed by atoms with van der Waals surface area (Å²) >= 11 is 1.85. The zero-order valence-corrected chi connectivity index (χ0v) is 7.74. The second-order valence-electron chi connectivity index (χ2n) is 2.40. The van der Waals surface area contributed by atoms with Gasteiger partial charge in [-0.15, -0.1) is 0 Å². The molecule has 60 valence electrons. The van der Waals surface area contributed by atoms with Crippen molar-refractivity contribution in [2.24, 2.45) is 10.7 Å². The Kier molecular flexibility index (Phi) is 5.49. The van der Waals surface area contributed by atoms with Gasteiger partial charge in [0.1, 0.15) is 0 Å². The summed E-state index contributed by atoms with van der Waals surface area (Å²) < 4.78 is 0. The summed E-state index contributed by atoms with van der Waals surface area (Å²) in [5.74, 6) is 1.85. The predicted molar refractivity (Wildman–Crippen MR) is 49.8 cm³/mol. The number of hydrogen-bond acceptors (Lipinski definition) is 2. The van der Waals surface area contributed by atoms with E-state index >= 15 is 0 Å². The summed E-state index contributed by atoms with van der Waals surface area (Å²) in [6, 6.07) is 0.387. The van der Waals surface area contributed by atoms with Crippen LogP contribution < -0.4 is 5.73 Å². The first kappa shape index (κ1) is 9.82. The topological polar surface area (TPSA) is 38.4 Å². The van der Waals surface area contributed by atoms with Crippen LogP contribution in [0.15, 0.2) is 4.99 Å². The second-order valence-corrected chi connectivity index (χ2v) is 3.39. The molecule has 2 nitrogen and oxygen atoms in total. The van der Waals surface area contributed by atoms with Gasteiger partial charge in [-0.25, -0.2) is 0 Å². The molecule has 0 aliphatic carbocycles. The minimum Gasteiger partial charge on any atom is -0.388 e. The van der Waals surface area contributed by atoms with Crippen LogP contribution in [0.2, 0.25) is 0 Å².